The summed E-state index contributed by atoms with van der Waals surface area (Å²) in [6.45, 7) is 2.13. The zero-order valence-corrected chi connectivity index (χ0v) is 5.26. The van der Waals surface area contributed by atoms with E-state index in [4.69, 9.17) is 0 Å². The van der Waals surface area contributed by atoms with Gasteiger partial charge in [-0.2, -0.15) is 0 Å². The predicted octanol–water partition coefficient (Wildman–Crippen LogP) is 1.93. The second-order valence-electron chi connectivity index (χ2n) is 1.71. The third-order valence-corrected chi connectivity index (χ3v) is 0.939. The highest BCUT2D eigenvalue weighted by Crippen LogP contribution is 1.93. The Bertz CT molecular complexity index is 74.5. The maximum atomic E-state index is 9.68. The molecule has 0 heterocycles. The van der Waals surface area contributed by atoms with Crippen LogP contribution >= 0.6 is 0 Å². The smallest absolute Gasteiger partial charge is 0.142 e. The van der Waals surface area contributed by atoms with Crippen LogP contribution in [0.4, 0.5) is 0 Å². The summed E-state index contributed by atoms with van der Waals surface area (Å²) in [6.07, 6.45) is 7.69. The molecule has 0 N–H and O–H groups in total. The molecule has 0 amide bonds. The van der Waals surface area contributed by atoms with Crippen LogP contribution in [0, 0.1) is 0 Å². The van der Waals surface area contributed by atoms with Crippen molar-refractivity contribution in [1.82, 2.24) is 0 Å². The molecular weight excluding hydrogens is 100 g/mol. The van der Waals surface area contributed by atoms with E-state index in [2.05, 4.69) is 6.92 Å². The minimum absolute atomic E-state index is 0.815. The van der Waals surface area contributed by atoms with Crippen molar-refractivity contribution in [3.63, 3.8) is 0 Å². The second-order valence-corrected chi connectivity index (χ2v) is 1.71. The van der Waals surface area contributed by atoms with Gasteiger partial charge in [-0.3, -0.25) is 4.79 Å². The van der Waals surface area contributed by atoms with Crippen molar-refractivity contribution in [2.75, 3.05) is 0 Å². The zero-order valence-electron chi connectivity index (χ0n) is 5.26. The Morgan fingerprint density at radius 2 is 2.25 bits per heavy atom. The van der Waals surface area contributed by atoms with Gasteiger partial charge in [0.15, 0.2) is 0 Å². The quantitative estimate of drug-likeness (QED) is 0.308. The summed E-state index contributed by atoms with van der Waals surface area (Å²) in [5.74, 6) is 0. The first kappa shape index (κ1) is 7.41. The average Bonchev–Trinajstić information content (AvgIpc) is 1.81. The van der Waals surface area contributed by atoms with E-state index in [1.165, 1.54) is 12.8 Å². The van der Waals surface area contributed by atoms with Gasteiger partial charge in [0.25, 0.3) is 0 Å². The van der Waals surface area contributed by atoms with Crippen LogP contribution in [0.5, 0.6) is 0 Å². The molecule has 46 valence electrons. The van der Waals surface area contributed by atoms with Gasteiger partial charge in [-0.05, 0) is 12.5 Å². The van der Waals surface area contributed by atoms with E-state index in [1.54, 1.807) is 6.08 Å². The first-order valence-electron chi connectivity index (χ1n) is 3.02. The lowest BCUT2D eigenvalue weighted by molar-refractivity contribution is -0.104. The minimum Gasteiger partial charge on any atom is -0.299 e. The molecule has 0 aromatic heterocycles. The van der Waals surface area contributed by atoms with Crippen LogP contribution < -0.4 is 0 Å². The molecule has 0 atom stereocenters. The highest BCUT2D eigenvalue weighted by atomic mass is 16.1. The maximum absolute atomic E-state index is 9.68. The molecule has 0 rings (SSSR count). The van der Waals surface area contributed by atoms with Gasteiger partial charge < -0.3 is 0 Å². The second kappa shape index (κ2) is 6.41. The molecule has 0 aliphatic heterocycles. The fraction of sp³-hybridized carbons (Fsp3) is 0.571. The normalized spacial score (nSPS) is 10.1. The van der Waals surface area contributed by atoms with Crippen molar-refractivity contribution in [3.8, 4) is 0 Å². The predicted molar refractivity (Wildman–Crippen MR) is 34.7 cm³/mol. The Balaban J connectivity index is 2.91. The molecule has 1 nitrogen and oxygen atoms in total. The van der Waals surface area contributed by atoms with Gasteiger partial charge in [0.1, 0.15) is 6.29 Å². The molecule has 1 heteroatoms. The van der Waals surface area contributed by atoms with E-state index in [9.17, 15) is 4.79 Å². The molecule has 0 radical (unpaired) electrons. The summed E-state index contributed by atoms with van der Waals surface area (Å²) in [5, 5.41) is 0. The van der Waals surface area contributed by atoms with Gasteiger partial charge in [0.05, 0.1) is 0 Å². The number of aldehydes is 1. The van der Waals surface area contributed by atoms with Gasteiger partial charge in [-0.25, -0.2) is 0 Å². The summed E-state index contributed by atoms with van der Waals surface area (Å²) in [4.78, 5) is 9.68. The number of hydrogen-bond acceptors (Lipinski definition) is 1. The molecule has 8 heavy (non-hydrogen) atoms. The highest BCUT2D eigenvalue weighted by Gasteiger charge is 1.74. The largest absolute Gasteiger partial charge is 0.299 e. The van der Waals surface area contributed by atoms with E-state index in [-0.39, 0.29) is 0 Å². The number of allylic oxidation sites excluding steroid dienone is 2. The maximum Gasteiger partial charge on any atom is 0.142 e. The molecule has 0 aromatic carbocycles. The van der Waals surface area contributed by atoms with Crippen molar-refractivity contribution in [2.45, 2.75) is 26.2 Å². The molecular formula is C7H12O. The topological polar surface area (TPSA) is 17.1 Å². The van der Waals surface area contributed by atoms with Crippen LogP contribution in [-0.4, -0.2) is 6.29 Å². The molecule has 0 fully saturated rings. The highest BCUT2D eigenvalue weighted by molar-refractivity contribution is 5.64. The van der Waals surface area contributed by atoms with Crippen LogP contribution in [0.15, 0.2) is 12.2 Å². The number of hydrogen-bond donors (Lipinski definition) is 0. The number of carbonyl (C=O) groups is 1. The van der Waals surface area contributed by atoms with Crippen LogP contribution in [0.25, 0.3) is 0 Å². The van der Waals surface area contributed by atoms with E-state index in [0.29, 0.717) is 0 Å². The molecule has 0 aliphatic carbocycles. The molecule has 0 aromatic rings. The van der Waals surface area contributed by atoms with Crippen LogP contribution in [0.1, 0.15) is 26.2 Å². The fourth-order valence-electron chi connectivity index (χ4n) is 0.474. The first-order chi connectivity index (χ1) is 3.91. The lowest BCUT2D eigenvalue weighted by Crippen LogP contribution is -1.66. The molecule has 0 aliphatic rings. The third kappa shape index (κ3) is 5.41. The summed E-state index contributed by atoms with van der Waals surface area (Å²) in [6, 6.07) is 0. The van der Waals surface area contributed by atoms with E-state index in [0.717, 1.165) is 12.7 Å². The summed E-state index contributed by atoms with van der Waals surface area (Å²) < 4.78 is 0. The number of unbranched alkanes of at least 4 members (excludes halogenated alkanes) is 2. The standard InChI is InChI=1S/C7H12O/c1-2-3-4-5-6-7-8/h5-7H,2-4H2,1H3. The number of rotatable bonds is 4. The van der Waals surface area contributed by atoms with Crippen molar-refractivity contribution in [1.29, 1.82) is 0 Å². The van der Waals surface area contributed by atoms with E-state index in [1.807, 2.05) is 6.08 Å². The van der Waals surface area contributed by atoms with Gasteiger partial charge in [-0.1, -0.05) is 25.8 Å². The first-order valence-corrected chi connectivity index (χ1v) is 3.02. The molecule has 0 saturated heterocycles. The Kier molecular flexibility index (Phi) is 5.94. The molecule has 0 saturated carbocycles. The van der Waals surface area contributed by atoms with Gasteiger partial charge >= 0.3 is 0 Å². The Labute approximate surface area is 50.4 Å². The Morgan fingerprint density at radius 3 is 2.75 bits per heavy atom. The monoisotopic (exact) mass is 112 g/mol. The third-order valence-electron chi connectivity index (χ3n) is 0.939. The van der Waals surface area contributed by atoms with Gasteiger partial charge in [0.2, 0.25) is 0 Å². The van der Waals surface area contributed by atoms with Crippen molar-refractivity contribution in [2.24, 2.45) is 0 Å². The van der Waals surface area contributed by atoms with Gasteiger partial charge in [-0.15, -0.1) is 0 Å². The number of carbonyl (C=O) groups excluding carboxylic acids is 1. The summed E-state index contributed by atoms with van der Waals surface area (Å²) in [7, 11) is 0. The fourth-order valence-corrected chi connectivity index (χ4v) is 0.474. The van der Waals surface area contributed by atoms with Crippen LogP contribution in [-0.2, 0) is 4.79 Å². The SMILES string of the molecule is CCCCC=CC=O. The zero-order chi connectivity index (χ0) is 6.24. The molecule has 0 spiro atoms. The molecule has 0 bridgehead atoms. The molecule has 0 unspecified atom stereocenters. The summed E-state index contributed by atoms with van der Waals surface area (Å²) >= 11 is 0. The Morgan fingerprint density at radius 1 is 1.50 bits per heavy atom. The van der Waals surface area contributed by atoms with Crippen molar-refractivity contribution in [3.05, 3.63) is 12.2 Å². The Hall–Kier alpha value is -0.590. The van der Waals surface area contributed by atoms with Crippen molar-refractivity contribution < 1.29 is 4.79 Å². The van der Waals surface area contributed by atoms with Crippen LogP contribution in [0.3, 0.4) is 0 Å². The minimum atomic E-state index is 0.815. The van der Waals surface area contributed by atoms with E-state index < -0.39 is 0 Å². The van der Waals surface area contributed by atoms with E-state index >= 15 is 0 Å². The summed E-state index contributed by atoms with van der Waals surface area (Å²) in [5.41, 5.74) is 0. The van der Waals surface area contributed by atoms with Gasteiger partial charge in [0, 0.05) is 0 Å². The lowest BCUT2D eigenvalue weighted by Gasteiger charge is -1.83. The van der Waals surface area contributed by atoms with Crippen LogP contribution in [0.2, 0.25) is 0 Å². The average molecular weight is 112 g/mol. The van der Waals surface area contributed by atoms with Crippen molar-refractivity contribution >= 4 is 6.29 Å². The lowest BCUT2D eigenvalue weighted by atomic mass is 10.2.